The molecule has 0 aliphatic carbocycles. The number of carbonyl (C=O) groups excluding carboxylic acids is 8. The van der Waals surface area contributed by atoms with Crippen molar-refractivity contribution in [2.45, 2.75) is 88.6 Å². The SMILES string of the molecule is [B]N(C)[C@@H](C)C(=O)N[C@@H](COC(=O)c1ccc(C(=O)OC[C@H](NC(=O)[C@H](C)N(C)C)C(=O)N2CCC[C@H]2CN(CCc2ccccc2)C(=O)c2ccccc2)cc1)C(=O)N1CCC[C@H]1CN(CCc1ccccc1)C(=O)c1ccccc1. The van der Waals surface area contributed by atoms with Crippen molar-refractivity contribution in [1.82, 2.24) is 39.9 Å². The van der Waals surface area contributed by atoms with Crippen molar-refractivity contribution in [3.63, 3.8) is 0 Å². The molecule has 0 aromatic heterocycles. The molecule has 2 heterocycles. The van der Waals surface area contributed by atoms with E-state index in [0.29, 0.717) is 75.8 Å². The first-order valence-electron chi connectivity index (χ1n) is 28.1. The Bertz CT molecular complexity index is 2740. The Balaban J connectivity index is 1.01. The van der Waals surface area contributed by atoms with Gasteiger partial charge in [-0.3, -0.25) is 33.7 Å². The molecule has 2 aliphatic heterocycles. The van der Waals surface area contributed by atoms with Gasteiger partial charge in [0.2, 0.25) is 23.6 Å². The Morgan fingerprint density at radius 1 is 0.512 bits per heavy atom. The molecular weight excluding hydrogens is 1040 g/mol. The number of nitrogens with one attached hydrogen (secondary N) is 2. The molecule has 5 aromatic rings. The van der Waals surface area contributed by atoms with Crippen LogP contribution in [0.25, 0.3) is 0 Å². The number of hydrogen-bond acceptors (Lipinski definition) is 12. The van der Waals surface area contributed by atoms with Crippen molar-refractivity contribution < 1.29 is 47.8 Å². The highest BCUT2D eigenvalue weighted by Gasteiger charge is 2.39. The lowest BCUT2D eigenvalue weighted by Crippen LogP contribution is -2.56. The summed E-state index contributed by atoms with van der Waals surface area (Å²) < 4.78 is 11.4. The van der Waals surface area contributed by atoms with Gasteiger partial charge in [0.15, 0.2) is 7.98 Å². The molecular formula is C63H75BN8O10. The number of likely N-dealkylation sites (N-methyl/N-ethyl adjacent to an activating group) is 2. The lowest BCUT2D eigenvalue weighted by Gasteiger charge is -2.33. The van der Waals surface area contributed by atoms with Crippen LogP contribution in [0.5, 0.6) is 0 Å². The maximum atomic E-state index is 14.6. The first kappa shape index (κ1) is 61.5. The van der Waals surface area contributed by atoms with E-state index in [0.717, 1.165) is 11.1 Å². The van der Waals surface area contributed by atoms with Crippen LogP contribution in [0.15, 0.2) is 146 Å². The number of amides is 6. The Morgan fingerprint density at radius 3 is 1.22 bits per heavy atom. The number of ether oxygens (including phenoxy) is 2. The molecule has 82 heavy (non-hydrogen) atoms. The summed E-state index contributed by atoms with van der Waals surface area (Å²) in [5.41, 5.74) is 3.23. The van der Waals surface area contributed by atoms with Gasteiger partial charge in [0.1, 0.15) is 25.3 Å². The third-order valence-corrected chi connectivity index (χ3v) is 15.3. The van der Waals surface area contributed by atoms with E-state index in [-0.39, 0.29) is 42.1 Å². The van der Waals surface area contributed by atoms with Crippen LogP contribution in [0.3, 0.4) is 0 Å². The number of benzene rings is 5. The quantitative estimate of drug-likeness (QED) is 0.0552. The predicted octanol–water partition coefficient (Wildman–Crippen LogP) is 5.08. The number of carbonyl (C=O) groups is 8. The van der Waals surface area contributed by atoms with E-state index in [1.165, 1.54) is 36.1 Å². The highest BCUT2D eigenvalue weighted by atomic mass is 16.5. The normalized spacial score (nSPS) is 16.4. The van der Waals surface area contributed by atoms with Crippen LogP contribution in [0.2, 0.25) is 0 Å². The van der Waals surface area contributed by atoms with E-state index in [9.17, 15) is 38.4 Å². The monoisotopic (exact) mass is 1110 g/mol. The maximum absolute atomic E-state index is 14.6. The number of likely N-dealkylation sites (tertiary alicyclic amines) is 2. The fraction of sp³-hybridized carbons (Fsp3) is 0.397. The molecule has 2 saturated heterocycles. The summed E-state index contributed by atoms with van der Waals surface area (Å²) in [5, 5.41) is 5.55. The van der Waals surface area contributed by atoms with Crippen LogP contribution in [0, 0.1) is 0 Å². The molecule has 18 nitrogen and oxygen atoms in total. The second kappa shape index (κ2) is 30.1. The van der Waals surface area contributed by atoms with Gasteiger partial charge in [-0.2, -0.15) is 0 Å². The fourth-order valence-corrected chi connectivity index (χ4v) is 10.0. The zero-order valence-electron chi connectivity index (χ0n) is 47.6. The number of rotatable bonds is 26. The second-order valence-corrected chi connectivity index (χ2v) is 21.2. The van der Waals surface area contributed by atoms with Crippen LogP contribution >= 0.6 is 0 Å². The van der Waals surface area contributed by atoms with Gasteiger partial charge in [-0.1, -0.05) is 97.1 Å². The van der Waals surface area contributed by atoms with E-state index in [1.807, 2.05) is 84.9 Å². The minimum absolute atomic E-state index is 0.0262. The van der Waals surface area contributed by atoms with Crippen molar-refractivity contribution in [3.05, 3.63) is 179 Å². The first-order chi connectivity index (χ1) is 39.5. The van der Waals surface area contributed by atoms with Crippen LogP contribution in [0.4, 0.5) is 0 Å². The third kappa shape index (κ3) is 17.0. The topological polar surface area (TPSA) is 199 Å². The zero-order chi connectivity index (χ0) is 58.7. The molecule has 2 fully saturated rings. The summed E-state index contributed by atoms with van der Waals surface area (Å²) in [6.07, 6.45) is 3.71. The Labute approximate surface area is 482 Å². The Morgan fingerprint density at radius 2 is 0.866 bits per heavy atom. The average molecular weight is 1120 g/mol. The predicted molar refractivity (Wildman–Crippen MR) is 311 cm³/mol. The molecule has 430 valence electrons. The van der Waals surface area contributed by atoms with Crippen LogP contribution in [-0.4, -0.2) is 195 Å². The first-order valence-corrected chi connectivity index (χ1v) is 28.1. The summed E-state index contributed by atoms with van der Waals surface area (Å²) >= 11 is 0. The summed E-state index contributed by atoms with van der Waals surface area (Å²) in [4.78, 5) is 121. The molecule has 7 rings (SSSR count). The molecule has 0 bridgehead atoms. The van der Waals surface area contributed by atoms with Gasteiger partial charge in [0.05, 0.1) is 23.2 Å². The molecule has 6 amide bonds. The lowest BCUT2D eigenvalue weighted by molar-refractivity contribution is -0.139. The summed E-state index contributed by atoms with van der Waals surface area (Å²) in [5.74, 6) is -4.00. The van der Waals surface area contributed by atoms with Crippen LogP contribution in [-0.2, 0) is 41.5 Å². The summed E-state index contributed by atoms with van der Waals surface area (Å²) in [6.45, 7) is 4.21. The van der Waals surface area contributed by atoms with Gasteiger partial charge in [-0.25, -0.2) is 9.59 Å². The van der Waals surface area contributed by atoms with Crippen molar-refractivity contribution in [1.29, 1.82) is 0 Å². The highest BCUT2D eigenvalue weighted by molar-refractivity contribution is 6.06. The molecule has 2 N–H and O–H groups in total. The number of hydrogen-bond donors (Lipinski definition) is 2. The van der Waals surface area contributed by atoms with Gasteiger partial charge in [-0.15, -0.1) is 0 Å². The van der Waals surface area contributed by atoms with Crippen molar-refractivity contribution in [3.8, 4) is 0 Å². The molecule has 2 radical (unpaired) electrons. The van der Waals surface area contributed by atoms with Gasteiger partial charge in [0, 0.05) is 62.5 Å². The Hall–Kier alpha value is -8.16. The standard InChI is InChI=1S/C63H75BN8O10/c1-44(67(3)4)56(73)65-54(60(77)71-36-18-28-52(71)40-69(38-34-46-20-10-6-11-21-46)58(75)48-24-14-8-15-25-48)42-81-62(79)50-30-32-51(33-31-50)63(80)82-43-55(66-57(74)45(2)68(5)64)61(78)72-37-19-29-53(72)41-70(39-35-47-22-12-7-13-23-47)59(76)49-26-16-9-17-27-49/h6-17,20-27,30-33,44-45,52-55H,18-19,28-29,34-43H2,1-5H3,(H,65,73)(H,66,74)/t44-,45-,52-,53-,54-,55-/m0/s1. The summed E-state index contributed by atoms with van der Waals surface area (Å²) in [6, 6.07) is 38.1. The van der Waals surface area contributed by atoms with Crippen molar-refractivity contribution in [2.24, 2.45) is 0 Å². The van der Waals surface area contributed by atoms with Crippen LogP contribution < -0.4 is 10.6 Å². The molecule has 2 aliphatic rings. The molecule has 6 atom stereocenters. The van der Waals surface area contributed by atoms with Gasteiger partial charge in [0.25, 0.3) is 11.8 Å². The minimum Gasteiger partial charge on any atom is -0.459 e. The Kier molecular flexibility index (Phi) is 22.5. The molecule has 5 aromatic carbocycles. The van der Waals surface area contributed by atoms with Crippen LogP contribution in [0.1, 0.15) is 92.1 Å². The summed E-state index contributed by atoms with van der Waals surface area (Å²) in [7, 11) is 10.9. The second-order valence-electron chi connectivity index (χ2n) is 21.2. The maximum Gasteiger partial charge on any atom is 0.338 e. The zero-order valence-corrected chi connectivity index (χ0v) is 47.6. The van der Waals surface area contributed by atoms with E-state index in [1.54, 1.807) is 88.8 Å². The van der Waals surface area contributed by atoms with E-state index < -0.39 is 79.0 Å². The number of nitrogens with zero attached hydrogens (tertiary/aromatic N) is 6. The molecule has 0 unspecified atom stereocenters. The van der Waals surface area contributed by atoms with Gasteiger partial charge in [-0.05, 0) is 133 Å². The minimum atomic E-state index is -1.32. The molecule has 19 heteroatoms. The van der Waals surface area contributed by atoms with Crippen molar-refractivity contribution >= 4 is 55.4 Å². The van der Waals surface area contributed by atoms with Gasteiger partial charge >= 0.3 is 11.9 Å². The number of esters is 2. The van der Waals surface area contributed by atoms with E-state index in [2.05, 4.69) is 10.6 Å². The van der Waals surface area contributed by atoms with E-state index in [4.69, 9.17) is 17.5 Å². The smallest absolute Gasteiger partial charge is 0.338 e. The largest absolute Gasteiger partial charge is 0.459 e. The molecule has 0 spiro atoms. The lowest BCUT2D eigenvalue weighted by atomic mass is 10.1. The molecule has 0 saturated carbocycles. The van der Waals surface area contributed by atoms with Crippen molar-refractivity contribution in [2.75, 3.05) is 73.6 Å². The van der Waals surface area contributed by atoms with E-state index >= 15 is 0 Å². The third-order valence-electron chi connectivity index (χ3n) is 15.3. The van der Waals surface area contributed by atoms with Gasteiger partial charge < -0.3 is 44.5 Å². The fourth-order valence-electron chi connectivity index (χ4n) is 10.0. The highest BCUT2D eigenvalue weighted by Crippen LogP contribution is 2.24. The average Bonchev–Trinajstić information content (AvgIpc) is 4.25.